The van der Waals surface area contributed by atoms with Crippen LogP contribution in [0.3, 0.4) is 0 Å². The average Bonchev–Trinajstić information content (AvgIpc) is 3.01. The van der Waals surface area contributed by atoms with E-state index in [9.17, 15) is 13.2 Å². The molecule has 1 fully saturated rings. The van der Waals surface area contributed by atoms with Crippen LogP contribution in [0.15, 0.2) is 34.2 Å². The van der Waals surface area contributed by atoms with Crippen molar-refractivity contribution in [2.45, 2.75) is 56.3 Å². The van der Waals surface area contributed by atoms with Crippen LogP contribution in [0.1, 0.15) is 51.4 Å². The molecule has 0 atom stereocenters. The number of nitrogens with one attached hydrogen (secondary N) is 2. The molecule has 0 spiro atoms. The summed E-state index contributed by atoms with van der Waals surface area (Å²) in [6.07, 6.45) is 7.63. The zero-order valence-corrected chi connectivity index (χ0v) is 15.1. The molecule has 0 saturated heterocycles. The van der Waals surface area contributed by atoms with Gasteiger partial charge < -0.3 is 5.32 Å². The van der Waals surface area contributed by atoms with Crippen LogP contribution in [-0.4, -0.2) is 26.7 Å². The van der Waals surface area contributed by atoms with E-state index in [1.807, 2.05) is 0 Å². The quantitative estimate of drug-likeness (QED) is 0.862. The monoisotopic (exact) mass is 363 g/mol. The molecule has 25 heavy (non-hydrogen) atoms. The fourth-order valence-corrected chi connectivity index (χ4v) is 4.48. The van der Waals surface area contributed by atoms with E-state index in [1.54, 1.807) is 12.1 Å². The van der Waals surface area contributed by atoms with Gasteiger partial charge >= 0.3 is 0 Å². The Labute approximate surface area is 149 Å². The third-order valence-electron chi connectivity index (χ3n) is 4.76. The highest BCUT2D eigenvalue weighted by Crippen LogP contribution is 2.26. The van der Waals surface area contributed by atoms with Crippen molar-refractivity contribution < 1.29 is 13.2 Å². The number of sulfonamides is 1. The second-order valence-electron chi connectivity index (χ2n) is 6.74. The summed E-state index contributed by atoms with van der Waals surface area (Å²) in [6.45, 7) is 0.662. The van der Waals surface area contributed by atoms with E-state index >= 15 is 0 Å². The van der Waals surface area contributed by atoms with Crippen molar-refractivity contribution in [1.29, 1.82) is 0 Å². The lowest BCUT2D eigenvalue weighted by Crippen LogP contribution is -2.30. The molecular weight excluding hydrogens is 338 g/mol. The van der Waals surface area contributed by atoms with Crippen LogP contribution >= 0.6 is 0 Å². The number of amides is 1. The van der Waals surface area contributed by atoms with Gasteiger partial charge in [0.2, 0.25) is 5.91 Å². The minimum atomic E-state index is -3.69. The molecule has 1 saturated carbocycles. The molecule has 1 aliphatic heterocycles. The van der Waals surface area contributed by atoms with Crippen molar-refractivity contribution in [2.75, 3.05) is 11.9 Å². The molecule has 0 bridgehead atoms. The highest BCUT2D eigenvalue weighted by molar-refractivity contribution is 7.90. The fraction of sp³-hybridized carbons (Fsp3) is 0.556. The Bertz CT molecular complexity index is 753. The number of carbonyl (C=O) groups excluding carboxylic acids is 1. The first-order valence-electron chi connectivity index (χ1n) is 9.02. The summed E-state index contributed by atoms with van der Waals surface area (Å²) in [6, 6.07) is 6.40. The number of anilines is 1. The second kappa shape index (κ2) is 7.99. The number of aliphatic imine (C=N–C) groups is 1. The Morgan fingerprint density at radius 1 is 1.08 bits per heavy atom. The largest absolute Gasteiger partial charge is 0.326 e. The Morgan fingerprint density at radius 2 is 1.88 bits per heavy atom. The van der Waals surface area contributed by atoms with Crippen LogP contribution in [0.2, 0.25) is 0 Å². The number of carbonyl (C=O) groups is 1. The van der Waals surface area contributed by atoms with Gasteiger partial charge in [-0.3, -0.25) is 14.5 Å². The van der Waals surface area contributed by atoms with Crippen molar-refractivity contribution in [3.05, 3.63) is 24.3 Å². The van der Waals surface area contributed by atoms with E-state index in [4.69, 9.17) is 0 Å². The molecule has 7 heteroatoms. The molecule has 1 aromatic carbocycles. The van der Waals surface area contributed by atoms with Gasteiger partial charge in [0.15, 0.2) is 0 Å². The van der Waals surface area contributed by atoms with Crippen LogP contribution in [0.25, 0.3) is 0 Å². The number of rotatable bonds is 4. The van der Waals surface area contributed by atoms with E-state index in [2.05, 4.69) is 15.0 Å². The molecule has 1 heterocycles. The lowest BCUT2D eigenvalue weighted by atomic mass is 10.1. The minimum Gasteiger partial charge on any atom is -0.326 e. The van der Waals surface area contributed by atoms with Crippen LogP contribution < -0.4 is 10.0 Å². The Kier molecular flexibility index (Phi) is 5.73. The Balaban J connectivity index is 1.71. The number of amidine groups is 1. The maximum Gasteiger partial charge on any atom is 0.262 e. The summed E-state index contributed by atoms with van der Waals surface area (Å²) >= 11 is 0. The lowest BCUT2D eigenvalue weighted by molar-refractivity contribution is -0.119. The number of hydrogen-bond acceptors (Lipinski definition) is 4. The van der Waals surface area contributed by atoms with Crippen molar-refractivity contribution in [2.24, 2.45) is 10.9 Å². The van der Waals surface area contributed by atoms with Crippen LogP contribution in [0.4, 0.5) is 5.69 Å². The van der Waals surface area contributed by atoms with Crippen molar-refractivity contribution in [1.82, 2.24) is 4.72 Å². The Hall–Kier alpha value is -1.89. The zero-order valence-electron chi connectivity index (χ0n) is 14.3. The predicted octanol–water partition coefficient (Wildman–Crippen LogP) is 3.07. The topological polar surface area (TPSA) is 87.6 Å². The first-order chi connectivity index (χ1) is 12.0. The van der Waals surface area contributed by atoms with E-state index in [-0.39, 0.29) is 16.7 Å². The summed E-state index contributed by atoms with van der Waals surface area (Å²) in [5.74, 6) is 0.546. The summed E-state index contributed by atoms with van der Waals surface area (Å²) < 4.78 is 27.8. The first kappa shape index (κ1) is 17.9. The molecule has 0 unspecified atom stereocenters. The van der Waals surface area contributed by atoms with Gasteiger partial charge in [0.25, 0.3) is 10.0 Å². The highest BCUT2D eigenvalue weighted by Gasteiger charge is 2.23. The first-order valence-corrected chi connectivity index (χ1v) is 10.5. The maximum atomic E-state index is 12.6. The number of nitrogens with zero attached hydrogens (tertiary/aromatic N) is 1. The molecule has 1 aromatic rings. The van der Waals surface area contributed by atoms with Gasteiger partial charge in [-0.2, -0.15) is 0 Å². The van der Waals surface area contributed by atoms with Crippen LogP contribution in [0, 0.1) is 5.92 Å². The standard InChI is InChI=1S/C18H25N3O3S/c22-18(14-7-3-4-8-14)20-15-9-6-10-16(13-15)25(23,24)21-17-11-2-1-5-12-19-17/h6,9-10,13-14H,1-5,7-8,11-12H2,(H,19,21)(H,20,22). The lowest BCUT2D eigenvalue weighted by Gasteiger charge is -2.13. The molecular formula is C18H25N3O3S. The zero-order chi connectivity index (χ0) is 17.7. The summed E-state index contributed by atoms with van der Waals surface area (Å²) in [5, 5.41) is 2.85. The predicted molar refractivity (Wildman–Crippen MR) is 98.1 cm³/mol. The smallest absolute Gasteiger partial charge is 0.262 e. The van der Waals surface area contributed by atoms with E-state index in [0.29, 0.717) is 24.5 Å². The second-order valence-corrected chi connectivity index (χ2v) is 8.43. The van der Waals surface area contributed by atoms with Crippen LogP contribution in [-0.2, 0) is 14.8 Å². The molecule has 1 aliphatic carbocycles. The molecule has 136 valence electrons. The van der Waals surface area contributed by atoms with Gasteiger partial charge in [-0.1, -0.05) is 25.3 Å². The SMILES string of the molecule is O=C(Nc1cccc(S(=O)(=O)NC2=NCCCCC2)c1)C1CCCC1. The number of hydrogen-bond donors (Lipinski definition) is 2. The molecule has 2 N–H and O–H groups in total. The number of benzene rings is 1. The van der Waals surface area contributed by atoms with Gasteiger partial charge in [0.1, 0.15) is 5.84 Å². The summed E-state index contributed by atoms with van der Waals surface area (Å²) in [5.41, 5.74) is 0.516. The molecule has 3 rings (SSSR count). The third kappa shape index (κ3) is 4.81. The van der Waals surface area contributed by atoms with Gasteiger partial charge in [-0.25, -0.2) is 8.42 Å². The van der Waals surface area contributed by atoms with Gasteiger partial charge in [0, 0.05) is 24.6 Å². The van der Waals surface area contributed by atoms with Crippen molar-refractivity contribution in [3.63, 3.8) is 0 Å². The molecule has 0 radical (unpaired) electrons. The Morgan fingerprint density at radius 3 is 2.68 bits per heavy atom. The fourth-order valence-electron chi connectivity index (χ4n) is 3.34. The minimum absolute atomic E-state index is 0.0202. The highest BCUT2D eigenvalue weighted by atomic mass is 32.2. The van der Waals surface area contributed by atoms with E-state index in [0.717, 1.165) is 44.9 Å². The third-order valence-corrected chi connectivity index (χ3v) is 6.14. The normalized spacial score (nSPS) is 19.1. The molecule has 2 aliphatic rings. The van der Waals surface area contributed by atoms with Crippen molar-refractivity contribution >= 4 is 27.5 Å². The van der Waals surface area contributed by atoms with Gasteiger partial charge in [-0.15, -0.1) is 0 Å². The maximum absolute atomic E-state index is 12.6. The van der Waals surface area contributed by atoms with E-state index in [1.165, 1.54) is 12.1 Å². The molecule has 1 amide bonds. The average molecular weight is 363 g/mol. The van der Waals surface area contributed by atoms with Gasteiger partial charge in [0.05, 0.1) is 4.90 Å². The van der Waals surface area contributed by atoms with Gasteiger partial charge in [-0.05, 0) is 43.9 Å². The van der Waals surface area contributed by atoms with E-state index < -0.39 is 10.0 Å². The summed E-state index contributed by atoms with van der Waals surface area (Å²) in [7, 11) is -3.69. The van der Waals surface area contributed by atoms with Crippen LogP contribution in [0.5, 0.6) is 0 Å². The summed E-state index contributed by atoms with van der Waals surface area (Å²) in [4.78, 5) is 16.7. The van der Waals surface area contributed by atoms with Crippen molar-refractivity contribution in [3.8, 4) is 0 Å². The molecule has 0 aromatic heterocycles. The molecule has 6 nitrogen and oxygen atoms in total.